The Balaban J connectivity index is 0.00000220. The van der Waals surface area contributed by atoms with Crippen LogP contribution in [-0.4, -0.2) is 29.6 Å². The van der Waals surface area contributed by atoms with Crippen molar-refractivity contribution < 1.29 is 27.2 Å². The molecule has 1 heterocycles. The van der Waals surface area contributed by atoms with Crippen LogP contribution < -0.4 is 4.57 Å². The number of rotatable bonds is 6. The molecule has 21 heavy (non-hydrogen) atoms. The Labute approximate surface area is 124 Å². The van der Waals surface area contributed by atoms with Crippen molar-refractivity contribution in [3.8, 4) is 0 Å². The number of nitrogens with zero attached hydrogens (tertiary/aromatic N) is 2. The van der Waals surface area contributed by atoms with Crippen molar-refractivity contribution >= 4 is 21.4 Å². The second-order valence-electron chi connectivity index (χ2n) is 4.54. The number of benzene rings is 1. The van der Waals surface area contributed by atoms with Gasteiger partial charge in [0, 0.05) is 13.3 Å². The lowest BCUT2D eigenvalue weighted by Gasteiger charge is -2.01. The Bertz CT molecular complexity index is 709. The summed E-state index contributed by atoms with van der Waals surface area (Å²) in [4.78, 5) is 0. The highest BCUT2D eigenvalue weighted by atomic mass is 32.3. The monoisotopic (exact) mass is 316 g/mol. The highest BCUT2D eigenvalue weighted by molar-refractivity contribution is 7.80. The summed E-state index contributed by atoms with van der Waals surface area (Å²) in [6.07, 6.45) is 0.503. The van der Waals surface area contributed by atoms with Gasteiger partial charge in [0.1, 0.15) is 0 Å². The van der Waals surface area contributed by atoms with Gasteiger partial charge in [0.15, 0.2) is 11.0 Å². The smallest absolute Gasteiger partial charge is 0.397 e. The molecule has 0 atom stereocenters. The first kappa shape index (κ1) is 17.6. The van der Waals surface area contributed by atoms with E-state index < -0.39 is 10.4 Å². The highest BCUT2D eigenvalue weighted by Gasteiger charge is 2.19. The van der Waals surface area contributed by atoms with E-state index in [9.17, 15) is 8.42 Å². The fourth-order valence-corrected chi connectivity index (χ4v) is 2.81. The van der Waals surface area contributed by atoms with Crippen LogP contribution in [0.3, 0.4) is 0 Å². The number of fused-ring (bicyclic) bond motifs is 1. The topological polar surface area (TPSA) is 102 Å². The number of hydrogen-bond acceptors (Lipinski definition) is 4. The predicted octanol–water partition coefficient (Wildman–Crippen LogP) is 1.29. The van der Waals surface area contributed by atoms with Crippen LogP contribution in [0.15, 0.2) is 24.3 Å². The minimum absolute atomic E-state index is 0. The molecule has 2 N–H and O–H groups in total. The normalized spacial score (nSPS) is 11.6. The Hall–Kier alpha value is -1.48. The van der Waals surface area contributed by atoms with Crippen LogP contribution in [-0.2, 0) is 27.7 Å². The zero-order valence-electron chi connectivity index (χ0n) is 12.1. The fourth-order valence-electron chi connectivity index (χ4n) is 2.48. The largest absolute Gasteiger partial charge is 0.870 e. The Morgan fingerprint density at radius 2 is 2.00 bits per heavy atom. The summed E-state index contributed by atoms with van der Waals surface area (Å²) < 4.78 is 38.2. The molecular weight excluding hydrogens is 296 g/mol. The van der Waals surface area contributed by atoms with Crippen molar-refractivity contribution in [2.45, 2.75) is 33.4 Å². The molecule has 0 aliphatic heterocycles. The van der Waals surface area contributed by atoms with Crippen LogP contribution in [0, 0.1) is 6.92 Å². The Kier molecular flexibility index (Phi) is 5.85. The molecule has 0 fully saturated rings. The summed E-state index contributed by atoms with van der Waals surface area (Å²) in [6.45, 7) is 5.60. The Morgan fingerprint density at radius 1 is 1.33 bits per heavy atom. The van der Waals surface area contributed by atoms with E-state index in [2.05, 4.69) is 26.3 Å². The third-order valence-electron chi connectivity index (χ3n) is 3.32. The van der Waals surface area contributed by atoms with E-state index in [-0.39, 0.29) is 12.1 Å². The van der Waals surface area contributed by atoms with Crippen molar-refractivity contribution in [1.82, 2.24) is 4.57 Å². The fraction of sp³-hybridized carbons (Fsp3) is 0.462. The molecule has 1 aromatic heterocycles. The van der Waals surface area contributed by atoms with E-state index in [0.717, 1.165) is 23.4 Å². The van der Waals surface area contributed by atoms with Gasteiger partial charge in [-0.05, 0) is 19.1 Å². The summed E-state index contributed by atoms with van der Waals surface area (Å²) in [5.41, 5.74) is 2.27. The quantitative estimate of drug-likeness (QED) is 0.491. The van der Waals surface area contributed by atoms with Crippen molar-refractivity contribution in [2.75, 3.05) is 6.61 Å². The number of para-hydroxylation sites is 2. The highest BCUT2D eigenvalue weighted by Crippen LogP contribution is 2.14. The minimum Gasteiger partial charge on any atom is -0.870 e. The molecule has 0 aliphatic carbocycles. The lowest BCUT2D eigenvalue weighted by atomic mass is 10.3. The molecule has 8 heteroatoms. The molecule has 0 amide bonds. The molecule has 0 saturated heterocycles. The zero-order chi connectivity index (χ0) is 14.8. The molecule has 2 aromatic rings. The minimum atomic E-state index is -4.35. The van der Waals surface area contributed by atoms with E-state index >= 15 is 0 Å². The van der Waals surface area contributed by atoms with Crippen LogP contribution >= 0.6 is 0 Å². The van der Waals surface area contributed by atoms with E-state index in [4.69, 9.17) is 4.55 Å². The lowest BCUT2D eigenvalue weighted by Crippen LogP contribution is -2.37. The predicted molar refractivity (Wildman–Crippen MR) is 76.6 cm³/mol. The lowest BCUT2D eigenvalue weighted by molar-refractivity contribution is -0.678. The third kappa shape index (κ3) is 4.01. The van der Waals surface area contributed by atoms with Gasteiger partial charge in [-0.3, -0.25) is 4.55 Å². The molecular formula is C13H20N2O5S. The van der Waals surface area contributed by atoms with Crippen LogP contribution in [0.5, 0.6) is 0 Å². The van der Waals surface area contributed by atoms with Crippen molar-refractivity contribution in [3.63, 3.8) is 0 Å². The van der Waals surface area contributed by atoms with E-state index in [1.165, 1.54) is 0 Å². The summed E-state index contributed by atoms with van der Waals surface area (Å²) >= 11 is 0. The maximum atomic E-state index is 10.5. The van der Waals surface area contributed by atoms with Crippen molar-refractivity contribution in [2.24, 2.45) is 0 Å². The van der Waals surface area contributed by atoms with Gasteiger partial charge in [0.05, 0.1) is 19.7 Å². The van der Waals surface area contributed by atoms with Crippen LogP contribution in [0.4, 0.5) is 0 Å². The number of hydrogen-bond donors (Lipinski definition) is 1. The second kappa shape index (κ2) is 6.99. The zero-order valence-corrected chi connectivity index (χ0v) is 12.9. The molecule has 118 valence electrons. The Morgan fingerprint density at radius 3 is 2.62 bits per heavy atom. The van der Waals surface area contributed by atoms with Crippen LogP contribution in [0.2, 0.25) is 0 Å². The molecule has 0 aliphatic rings. The molecule has 0 radical (unpaired) electrons. The maximum absolute atomic E-state index is 10.5. The van der Waals surface area contributed by atoms with E-state index in [1.54, 1.807) is 0 Å². The third-order valence-corrected chi connectivity index (χ3v) is 3.78. The molecule has 0 spiro atoms. The summed E-state index contributed by atoms with van der Waals surface area (Å²) in [5, 5.41) is 0. The summed E-state index contributed by atoms with van der Waals surface area (Å²) in [6, 6.07) is 8.09. The standard InChI is InChI=1S/C13H18N2O4S.H2O/c1-3-14-11(2)15(9-6-10-19-20(16,17)18)13-8-5-4-7-12(13)14;/h4-5,7-8H,3,6,9-10H2,1-2H3;1H2. The summed E-state index contributed by atoms with van der Waals surface area (Å²) in [7, 11) is -4.35. The van der Waals surface area contributed by atoms with Gasteiger partial charge in [0.25, 0.3) is 5.82 Å². The first-order chi connectivity index (χ1) is 9.44. The van der Waals surface area contributed by atoms with Gasteiger partial charge >= 0.3 is 10.4 Å². The van der Waals surface area contributed by atoms with Gasteiger partial charge < -0.3 is 5.48 Å². The van der Waals surface area contributed by atoms with Gasteiger partial charge in [-0.25, -0.2) is 13.3 Å². The molecule has 0 unspecified atom stereocenters. The first-order valence-electron chi connectivity index (χ1n) is 6.53. The average molecular weight is 316 g/mol. The van der Waals surface area contributed by atoms with E-state index in [0.29, 0.717) is 13.0 Å². The SMILES string of the molecule is CCn1c(C)[n+](CCCOS(=O)(=O)O)c2ccccc21.[OH-]. The number of aryl methyl sites for hydroxylation is 2. The van der Waals surface area contributed by atoms with E-state index in [1.807, 2.05) is 25.1 Å². The van der Waals surface area contributed by atoms with Crippen LogP contribution in [0.25, 0.3) is 11.0 Å². The average Bonchev–Trinajstić information content (AvgIpc) is 2.65. The van der Waals surface area contributed by atoms with Crippen molar-refractivity contribution in [3.05, 3.63) is 30.1 Å². The maximum Gasteiger partial charge on any atom is 0.397 e. The molecule has 7 nitrogen and oxygen atoms in total. The van der Waals surface area contributed by atoms with Gasteiger partial charge in [-0.2, -0.15) is 8.42 Å². The number of imidazole rings is 1. The van der Waals surface area contributed by atoms with Gasteiger partial charge in [0.2, 0.25) is 0 Å². The first-order valence-corrected chi connectivity index (χ1v) is 7.90. The number of aromatic nitrogens is 2. The molecule has 1 aromatic carbocycles. The van der Waals surface area contributed by atoms with Crippen molar-refractivity contribution in [1.29, 1.82) is 0 Å². The molecule has 0 saturated carbocycles. The molecule has 2 rings (SSSR count). The van der Waals surface area contributed by atoms with Crippen LogP contribution in [0.1, 0.15) is 19.2 Å². The van der Waals surface area contributed by atoms with Gasteiger partial charge in [-0.15, -0.1) is 0 Å². The second-order valence-corrected chi connectivity index (χ2v) is 5.63. The molecule has 0 bridgehead atoms. The summed E-state index contributed by atoms with van der Waals surface area (Å²) in [5.74, 6) is 1.11. The van der Waals surface area contributed by atoms with Gasteiger partial charge in [-0.1, -0.05) is 12.1 Å².